The Labute approximate surface area is 414 Å². The van der Waals surface area contributed by atoms with Crippen LogP contribution in [-0.2, 0) is 14.3 Å². The van der Waals surface area contributed by atoms with Crippen molar-refractivity contribution in [2.24, 2.45) is 0 Å². The van der Waals surface area contributed by atoms with Crippen molar-refractivity contribution in [1.82, 2.24) is 5.32 Å². The standard InChI is InChI=1S/C58H113NO8/c1-3-5-7-9-11-13-15-17-19-20-21-22-23-24-25-26-27-28-29-30-31-32-33-34-36-38-40-42-44-46-48-54(62)59-51(50-66-58-57(65)56(64)55(63)53(49-60)67-58)52(61)47-45-43-41-39-37-35-18-16-14-12-10-8-6-4-2/h45,47,51-53,55-58,60-61,63-65H,3-44,46,48-50H2,1-2H3,(H,59,62)/b47-45+/t51-,52+,53+,55-,56?,57?,58+/m0/s1. The van der Waals surface area contributed by atoms with Gasteiger partial charge in [-0.3, -0.25) is 4.79 Å². The van der Waals surface area contributed by atoms with E-state index >= 15 is 0 Å². The molecule has 398 valence electrons. The fourth-order valence-electron chi connectivity index (χ4n) is 9.69. The van der Waals surface area contributed by atoms with Crippen LogP contribution in [0.2, 0.25) is 0 Å². The van der Waals surface area contributed by atoms with Crippen molar-refractivity contribution in [1.29, 1.82) is 0 Å². The first-order valence-corrected chi connectivity index (χ1v) is 29.4. The highest BCUT2D eigenvalue weighted by Crippen LogP contribution is 2.23. The summed E-state index contributed by atoms with van der Waals surface area (Å²) in [7, 11) is 0. The third kappa shape index (κ3) is 38.3. The van der Waals surface area contributed by atoms with Gasteiger partial charge in [-0.05, 0) is 19.3 Å². The third-order valence-electron chi connectivity index (χ3n) is 14.4. The van der Waals surface area contributed by atoms with Crippen LogP contribution in [0, 0.1) is 0 Å². The van der Waals surface area contributed by atoms with Gasteiger partial charge < -0.3 is 40.3 Å². The molecule has 7 atom stereocenters. The van der Waals surface area contributed by atoms with Gasteiger partial charge in [0.2, 0.25) is 5.91 Å². The average molecular weight is 953 g/mol. The van der Waals surface area contributed by atoms with Gasteiger partial charge >= 0.3 is 0 Å². The zero-order valence-corrected chi connectivity index (χ0v) is 44.2. The van der Waals surface area contributed by atoms with Gasteiger partial charge in [0.15, 0.2) is 6.29 Å². The second-order valence-corrected chi connectivity index (χ2v) is 20.8. The Morgan fingerprint density at radius 3 is 1.16 bits per heavy atom. The Morgan fingerprint density at radius 1 is 0.493 bits per heavy atom. The maximum absolute atomic E-state index is 13.0. The summed E-state index contributed by atoms with van der Waals surface area (Å²) < 4.78 is 11.3. The van der Waals surface area contributed by atoms with Crippen LogP contribution >= 0.6 is 0 Å². The highest BCUT2D eigenvalue weighted by atomic mass is 16.7. The molecule has 67 heavy (non-hydrogen) atoms. The van der Waals surface area contributed by atoms with Crippen LogP contribution in [0.5, 0.6) is 0 Å². The topological polar surface area (TPSA) is 149 Å². The van der Waals surface area contributed by atoms with Crippen molar-refractivity contribution in [3.63, 3.8) is 0 Å². The lowest BCUT2D eigenvalue weighted by molar-refractivity contribution is -0.302. The lowest BCUT2D eigenvalue weighted by atomic mass is 9.99. The number of unbranched alkanes of at least 4 members (excludes halogenated alkanes) is 41. The fourth-order valence-corrected chi connectivity index (χ4v) is 9.69. The van der Waals surface area contributed by atoms with Crippen LogP contribution in [-0.4, -0.2) is 87.5 Å². The zero-order chi connectivity index (χ0) is 48.7. The average Bonchev–Trinajstić information content (AvgIpc) is 3.33. The molecule has 1 fully saturated rings. The number of nitrogens with one attached hydrogen (secondary N) is 1. The molecule has 6 N–H and O–H groups in total. The van der Waals surface area contributed by atoms with Crippen molar-refractivity contribution in [2.75, 3.05) is 13.2 Å². The number of carbonyl (C=O) groups excluding carboxylic acids is 1. The van der Waals surface area contributed by atoms with Crippen molar-refractivity contribution < 1.29 is 39.8 Å². The largest absolute Gasteiger partial charge is 0.394 e. The number of ether oxygens (including phenoxy) is 2. The van der Waals surface area contributed by atoms with E-state index in [4.69, 9.17) is 9.47 Å². The first kappa shape index (κ1) is 63.9. The van der Waals surface area contributed by atoms with Crippen LogP contribution < -0.4 is 5.32 Å². The molecule has 0 aromatic heterocycles. The Morgan fingerprint density at radius 2 is 0.821 bits per heavy atom. The van der Waals surface area contributed by atoms with Crippen LogP contribution in [0.1, 0.15) is 296 Å². The first-order chi connectivity index (χ1) is 32.8. The van der Waals surface area contributed by atoms with E-state index in [2.05, 4.69) is 19.2 Å². The molecule has 0 spiro atoms. The minimum Gasteiger partial charge on any atom is -0.394 e. The molecule has 1 rings (SSSR count). The van der Waals surface area contributed by atoms with Gasteiger partial charge in [0, 0.05) is 6.42 Å². The lowest BCUT2D eigenvalue weighted by Gasteiger charge is -2.40. The van der Waals surface area contributed by atoms with Gasteiger partial charge in [-0.25, -0.2) is 0 Å². The number of allylic oxidation sites excluding steroid dienone is 1. The molecule has 1 amide bonds. The molecule has 0 aliphatic carbocycles. The molecular formula is C58H113NO8. The number of hydrogen-bond donors (Lipinski definition) is 6. The van der Waals surface area contributed by atoms with Gasteiger partial charge in [0.05, 0.1) is 25.4 Å². The van der Waals surface area contributed by atoms with E-state index in [1.54, 1.807) is 6.08 Å². The Bertz CT molecular complexity index is 1060. The molecule has 0 bridgehead atoms. The summed E-state index contributed by atoms with van der Waals surface area (Å²) in [5, 5.41) is 54.4. The second-order valence-electron chi connectivity index (χ2n) is 20.8. The SMILES string of the molecule is CCCCCCCCCCCCCC/C=C/[C@@H](O)[C@H](CO[C@@H]1O[C@H](CO)[C@H](O)C(O)C1O)NC(=O)CCCCCCCCCCCCCCCCCCCCCCCCCCCCCCCC. The van der Waals surface area contributed by atoms with E-state index < -0.39 is 49.5 Å². The summed E-state index contributed by atoms with van der Waals surface area (Å²) in [4.78, 5) is 13.0. The summed E-state index contributed by atoms with van der Waals surface area (Å²) in [5.74, 6) is -0.170. The Balaban J connectivity index is 2.12. The number of hydrogen-bond acceptors (Lipinski definition) is 8. The van der Waals surface area contributed by atoms with Crippen LogP contribution in [0.3, 0.4) is 0 Å². The van der Waals surface area contributed by atoms with Crippen molar-refractivity contribution in [2.45, 2.75) is 339 Å². The molecule has 1 aliphatic heterocycles. The van der Waals surface area contributed by atoms with Gasteiger partial charge in [0.25, 0.3) is 0 Å². The normalized spacial score (nSPS) is 19.7. The van der Waals surface area contributed by atoms with E-state index in [1.807, 2.05) is 6.08 Å². The van der Waals surface area contributed by atoms with Crippen molar-refractivity contribution in [3.8, 4) is 0 Å². The first-order valence-electron chi connectivity index (χ1n) is 29.4. The molecule has 9 heteroatoms. The van der Waals surface area contributed by atoms with E-state index in [0.29, 0.717) is 6.42 Å². The third-order valence-corrected chi connectivity index (χ3v) is 14.4. The van der Waals surface area contributed by atoms with Gasteiger partial charge in [-0.15, -0.1) is 0 Å². The van der Waals surface area contributed by atoms with Crippen LogP contribution in [0.4, 0.5) is 0 Å². The van der Waals surface area contributed by atoms with E-state index in [1.165, 1.54) is 238 Å². The summed E-state index contributed by atoms with van der Waals surface area (Å²) in [6.07, 6.45) is 52.9. The van der Waals surface area contributed by atoms with Crippen LogP contribution in [0.15, 0.2) is 12.2 Å². The molecule has 0 aromatic rings. The smallest absolute Gasteiger partial charge is 0.220 e. The zero-order valence-electron chi connectivity index (χ0n) is 44.2. The van der Waals surface area contributed by atoms with E-state index in [-0.39, 0.29) is 12.5 Å². The maximum Gasteiger partial charge on any atom is 0.220 e. The van der Waals surface area contributed by atoms with Gasteiger partial charge in [-0.1, -0.05) is 283 Å². The number of rotatable bonds is 51. The number of aliphatic hydroxyl groups excluding tert-OH is 5. The second kappa shape index (κ2) is 48.6. The predicted molar refractivity (Wildman–Crippen MR) is 281 cm³/mol. The van der Waals surface area contributed by atoms with E-state index in [0.717, 1.165) is 38.5 Å². The molecular weight excluding hydrogens is 839 g/mol. The van der Waals surface area contributed by atoms with Crippen LogP contribution in [0.25, 0.3) is 0 Å². The molecule has 0 saturated carbocycles. The molecule has 1 aliphatic rings. The maximum atomic E-state index is 13.0. The van der Waals surface area contributed by atoms with Gasteiger partial charge in [-0.2, -0.15) is 0 Å². The molecule has 2 unspecified atom stereocenters. The van der Waals surface area contributed by atoms with Crippen molar-refractivity contribution in [3.05, 3.63) is 12.2 Å². The fraction of sp³-hybridized carbons (Fsp3) is 0.948. The summed E-state index contributed by atoms with van der Waals surface area (Å²) in [6, 6.07) is -0.799. The summed E-state index contributed by atoms with van der Waals surface area (Å²) >= 11 is 0. The van der Waals surface area contributed by atoms with Crippen molar-refractivity contribution >= 4 is 5.91 Å². The van der Waals surface area contributed by atoms with Gasteiger partial charge in [0.1, 0.15) is 24.4 Å². The Hall–Kier alpha value is -1.07. The number of carbonyl (C=O) groups is 1. The highest BCUT2D eigenvalue weighted by Gasteiger charge is 2.44. The summed E-state index contributed by atoms with van der Waals surface area (Å²) in [5.41, 5.74) is 0. The predicted octanol–water partition coefficient (Wildman–Crippen LogP) is 14.4. The summed E-state index contributed by atoms with van der Waals surface area (Å²) in [6.45, 7) is 3.81. The Kier molecular flexibility index (Phi) is 46.3. The molecule has 1 saturated heterocycles. The molecule has 0 radical (unpaired) electrons. The number of aliphatic hydroxyl groups is 5. The monoisotopic (exact) mass is 952 g/mol. The van der Waals surface area contributed by atoms with E-state index in [9.17, 15) is 30.3 Å². The minimum absolute atomic E-state index is 0.170. The number of amides is 1. The molecule has 0 aromatic carbocycles. The lowest BCUT2D eigenvalue weighted by Crippen LogP contribution is -2.60. The molecule has 1 heterocycles. The minimum atomic E-state index is -1.56. The molecule has 9 nitrogen and oxygen atoms in total. The highest BCUT2D eigenvalue weighted by molar-refractivity contribution is 5.76. The quantitative estimate of drug-likeness (QED) is 0.0261.